The van der Waals surface area contributed by atoms with E-state index in [0.29, 0.717) is 17.2 Å². The largest absolute Gasteiger partial charge is 0.481 e. The lowest BCUT2D eigenvalue weighted by Crippen LogP contribution is -2.18. The lowest BCUT2D eigenvalue weighted by atomic mass is 9.94. The lowest BCUT2D eigenvalue weighted by molar-refractivity contribution is -0.136. The fourth-order valence-electron chi connectivity index (χ4n) is 3.87. The van der Waals surface area contributed by atoms with Crippen molar-refractivity contribution in [1.82, 2.24) is 4.98 Å². The number of aliphatic imine (C=N–C) groups is 1. The number of halogens is 1. The van der Waals surface area contributed by atoms with Gasteiger partial charge in [-0.25, -0.2) is 17.8 Å². The minimum absolute atomic E-state index is 0.0495. The van der Waals surface area contributed by atoms with Crippen LogP contribution in [0.1, 0.15) is 32.3 Å². The number of aromatic nitrogens is 1. The highest BCUT2D eigenvalue weighted by Crippen LogP contribution is 2.41. The highest BCUT2D eigenvalue weighted by molar-refractivity contribution is 7.95. The van der Waals surface area contributed by atoms with Crippen molar-refractivity contribution in [2.24, 2.45) is 4.99 Å². The summed E-state index contributed by atoms with van der Waals surface area (Å²) in [6.45, 7) is 3.64. The standard InChI is InChI=1S/C24H22FN3O4S/c1-3-15-5-4-6-16(11-15)28-21-10-7-17(13-26-21)33(31,32)24-19(25)8-9-20-23(24)18(12-22(29)30)14(2)27-20/h4-8,10-11,13H,3,9,12H2,1-2H3,(H,26,28)(H,29,30). The summed E-state index contributed by atoms with van der Waals surface area (Å²) in [4.78, 5) is 19.1. The maximum absolute atomic E-state index is 14.9. The van der Waals surface area contributed by atoms with Gasteiger partial charge in [0.2, 0.25) is 9.84 Å². The number of fused-ring (bicyclic) bond motifs is 1. The summed E-state index contributed by atoms with van der Waals surface area (Å²) in [5, 5.41) is 12.4. The number of allylic oxidation sites excluding steroid dienone is 4. The zero-order valence-corrected chi connectivity index (χ0v) is 18.9. The molecule has 0 saturated carbocycles. The monoisotopic (exact) mass is 467 g/mol. The normalized spacial score (nSPS) is 15.8. The number of sulfone groups is 1. The summed E-state index contributed by atoms with van der Waals surface area (Å²) >= 11 is 0. The number of carbonyl (C=O) groups is 1. The smallest absolute Gasteiger partial charge is 0.307 e. The Morgan fingerprint density at radius 3 is 2.70 bits per heavy atom. The van der Waals surface area contributed by atoms with Crippen molar-refractivity contribution >= 4 is 33.0 Å². The predicted molar refractivity (Wildman–Crippen MR) is 124 cm³/mol. The van der Waals surface area contributed by atoms with Crippen molar-refractivity contribution in [3.63, 3.8) is 0 Å². The Morgan fingerprint density at radius 2 is 2.03 bits per heavy atom. The van der Waals surface area contributed by atoms with Gasteiger partial charge in [0.15, 0.2) is 0 Å². The highest BCUT2D eigenvalue weighted by atomic mass is 32.2. The number of hydrogen-bond acceptors (Lipinski definition) is 6. The van der Waals surface area contributed by atoms with Gasteiger partial charge >= 0.3 is 5.97 Å². The summed E-state index contributed by atoms with van der Waals surface area (Å²) in [5.74, 6) is -1.63. The summed E-state index contributed by atoms with van der Waals surface area (Å²) < 4.78 is 41.7. The third-order valence-electron chi connectivity index (χ3n) is 5.50. The quantitative estimate of drug-likeness (QED) is 0.601. The van der Waals surface area contributed by atoms with E-state index < -0.39 is 33.0 Å². The number of pyridine rings is 1. The van der Waals surface area contributed by atoms with Gasteiger partial charge in [-0.2, -0.15) is 0 Å². The van der Waals surface area contributed by atoms with Gasteiger partial charge in [0.05, 0.1) is 17.0 Å². The van der Waals surface area contributed by atoms with E-state index in [-0.39, 0.29) is 22.5 Å². The highest BCUT2D eigenvalue weighted by Gasteiger charge is 2.37. The van der Waals surface area contributed by atoms with Gasteiger partial charge in [-0.05, 0) is 54.8 Å². The van der Waals surface area contributed by atoms with Gasteiger partial charge in [-0.3, -0.25) is 9.79 Å². The fraction of sp³-hybridized carbons (Fsp3) is 0.208. The molecule has 7 nitrogen and oxygen atoms in total. The molecule has 0 fully saturated rings. The van der Waals surface area contributed by atoms with Crippen LogP contribution in [0, 0.1) is 0 Å². The van der Waals surface area contributed by atoms with E-state index in [1.165, 1.54) is 12.1 Å². The average molecular weight is 468 g/mol. The van der Waals surface area contributed by atoms with E-state index in [0.717, 1.165) is 29.9 Å². The van der Waals surface area contributed by atoms with Crippen LogP contribution in [0.2, 0.25) is 0 Å². The number of aliphatic carboxylic acids is 1. The maximum Gasteiger partial charge on any atom is 0.307 e. The van der Waals surface area contributed by atoms with Crippen molar-refractivity contribution in [3.8, 4) is 0 Å². The Hall–Kier alpha value is -3.59. The first kappa shape index (κ1) is 22.6. The fourth-order valence-corrected chi connectivity index (χ4v) is 5.40. The third-order valence-corrected chi connectivity index (χ3v) is 7.30. The van der Waals surface area contributed by atoms with Gasteiger partial charge in [0.25, 0.3) is 0 Å². The molecule has 1 aliphatic carbocycles. The lowest BCUT2D eigenvalue weighted by Gasteiger charge is -2.18. The minimum Gasteiger partial charge on any atom is -0.481 e. The number of benzene rings is 1. The molecule has 0 atom stereocenters. The molecule has 0 unspecified atom stereocenters. The van der Waals surface area contributed by atoms with E-state index in [2.05, 4.69) is 15.3 Å². The topological polar surface area (TPSA) is 109 Å². The molecule has 170 valence electrons. The Bertz CT molecular complexity index is 1370. The van der Waals surface area contributed by atoms with Gasteiger partial charge in [0, 0.05) is 29.6 Å². The van der Waals surface area contributed by atoms with Crippen LogP contribution >= 0.6 is 0 Å². The number of rotatable bonds is 7. The molecule has 1 aromatic heterocycles. The molecule has 0 amide bonds. The first-order chi connectivity index (χ1) is 15.7. The summed E-state index contributed by atoms with van der Waals surface area (Å²) in [5.41, 5.74) is 2.95. The summed E-state index contributed by atoms with van der Waals surface area (Å²) in [7, 11) is -4.32. The van der Waals surface area contributed by atoms with Gasteiger partial charge in [-0.1, -0.05) is 19.1 Å². The molecule has 2 heterocycles. The predicted octanol–water partition coefficient (Wildman–Crippen LogP) is 4.88. The number of hydrogen-bond donors (Lipinski definition) is 2. The number of carboxylic acid groups (broad SMARTS) is 1. The molecule has 9 heteroatoms. The van der Waals surface area contributed by atoms with Crippen LogP contribution in [0.4, 0.5) is 15.9 Å². The number of nitrogens with zero attached hydrogens (tertiary/aromatic N) is 2. The Balaban J connectivity index is 1.71. The molecule has 2 aliphatic rings. The number of nitrogens with one attached hydrogen (secondary N) is 1. The van der Waals surface area contributed by atoms with Crippen LogP contribution in [-0.2, 0) is 21.1 Å². The van der Waals surface area contributed by atoms with Crippen LogP contribution in [0.25, 0.3) is 0 Å². The van der Waals surface area contributed by atoms with Crippen LogP contribution in [0.3, 0.4) is 0 Å². The van der Waals surface area contributed by atoms with E-state index in [1.54, 1.807) is 6.92 Å². The molecule has 1 aromatic carbocycles. The molecule has 0 saturated heterocycles. The zero-order chi connectivity index (χ0) is 23.8. The molecular formula is C24H22FN3O4S. The van der Waals surface area contributed by atoms with E-state index in [4.69, 9.17) is 0 Å². The molecule has 2 aromatic rings. The van der Waals surface area contributed by atoms with Crippen LogP contribution in [-0.4, -0.2) is 30.2 Å². The number of aryl methyl sites for hydroxylation is 1. The molecule has 2 N–H and O–H groups in total. The first-order valence-corrected chi connectivity index (χ1v) is 11.9. The second-order valence-electron chi connectivity index (χ2n) is 7.71. The number of carboxylic acids is 1. The molecular weight excluding hydrogens is 445 g/mol. The minimum atomic E-state index is -4.32. The average Bonchev–Trinajstić information content (AvgIpc) is 3.08. The van der Waals surface area contributed by atoms with Crippen LogP contribution in [0.15, 0.2) is 86.1 Å². The van der Waals surface area contributed by atoms with Crippen molar-refractivity contribution in [3.05, 3.63) is 81.8 Å². The summed E-state index contributed by atoms with van der Waals surface area (Å²) in [6.07, 6.45) is 2.84. The molecule has 4 rings (SSSR count). The van der Waals surface area contributed by atoms with Crippen LogP contribution < -0.4 is 5.32 Å². The second kappa shape index (κ2) is 8.74. The Morgan fingerprint density at radius 1 is 1.24 bits per heavy atom. The van der Waals surface area contributed by atoms with Gasteiger partial charge < -0.3 is 10.4 Å². The molecule has 33 heavy (non-hydrogen) atoms. The number of anilines is 2. The van der Waals surface area contributed by atoms with Gasteiger partial charge in [-0.15, -0.1) is 0 Å². The van der Waals surface area contributed by atoms with Crippen molar-refractivity contribution in [2.75, 3.05) is 5.32 Å². The van der Waals surface area contributed by atoms with Crippen molar-refractivity contribution in [1.29, 1.82) is 0 Å². The molecule has 0 radical (unpaired) electrons. The van der Waals surface area contributed by atoms with E-state index >= 15 is 0 Å². The Kier molecular flexibility index (Phi) is 5.99. The van der Waals surface area contributed by atoms with Crippen molar-refractivity contribution < 1.29 is 22.7 Å². The zero-order valence-electron chi connectivity index (χ0n) is 18.1. The maximum atomic E-state index is 14.9. The van der Waals surface area contributed by atoms with E-state index in [1.807, 2.05) is 31.2 Å². The van der Waals surface area contributed by atoms with E-state index in [9.17, 15) is 22.7 Å². The van der Waals surface area contributed by atoms with Gasteiger partial charge in [0.1, 0.15) is 16.5 Å². The third kappa shape index (κ3) is 4.36. The molecule has 0 spiro atoms. The first-order valence-electron chi connectivity index (χ1n) is 10.4. The Labute approximate surface area is 191 Å². The second-order valence-corrected chi connectivity index (χ2v) is 9.60. The summed E-state index contributed by atoms with van der Waals surface area (Å²) in [6, 6.07) is 10.6. The SMILES string of the molecule is CCc1cccc(Nc2ccc(S(=O)(=O)C3=C4C(=NC(C)=C4CC(=O)O)CC=C3F)cn2)c1. The molecule has 1 aliphatic heterocycles. The molecule has 0 bridgehead atoms. The van der Waals surface area contributed by atoms with Crippen LogP contribution in [0.5, 0.6) is 0 Å². The van der Waals surface area contributed by atoms with Crippen molar-refractivity contribution in [2.45, 2.75) is 38.0 Å².